The Bertz CT molecular complexity index is 436. The van der Waals surface area contributed by atoms with Gasteiger partial charge in [-0.3, -0.25) is 0 Å². The molecule has 0 heterocycles. The summed E-state index contributed by atoms with van der Waals surface area (Å²) in [5.74, 6) is -1.60. The zero-order valence-corrected chi connectivity index (χ0v) is 10.4. The van der Waals surface area contributed by atoms with Gasteiger partial charge in [0.25, 0.3) is 0 Å². The molecule has 0 aromatic heterocycles. The quantitative estimate of drug-likeness (QED) is 0.840. The van der Waals surface area contributed by atoms with Crippen LogP contribution in [0.4, 0.5) is 4.79 Å². The summed E-state index contributed by atoms with van der Waals surface area (Å²) in [6.45, 7) is 3.27. The van der Waals surface area contributed by atoms with Gasteiger partial charge in [0.1, 0.15) is 12.6 Å². The van der Waals surface area contributed by atoms with Crippen LogP contribution in [0.25, 0.3) is 0 Å². The Morgan fingerprint density at radius 2 is 2.00 bits per heavy atom. The first-order valence-corrected chi connectivity index (χ1v) is 5.65. The average molecular weight is 252 g/mol. The van der Waals surface area contributed by atoms with E-state index in [0.29, 0.717) is 5.31 Å². The van der Waals surface area contributed by atoms with Crippen molar-refractivity contribution in [2.24, 2.45) is 5.92 Å². The number of hydrogen-bond donors (Lipinski definition) is 2. The Morgan fingerprint density at radius 1 is 1.39 bits per heavy atom. The Balaban J connectivity index is 2.59. The van der Waals surface area contributed by atoms with E-state index in [0.717, 1.165) is 5.56 Å². The molecular formula is C13H17NO4. The van der Waals surface area contributed by atoms with Crippen molar-refractivity contribution in [2.75, 3.05) is 0 Å². The fraction of sp³-hybridized carbons (Fsp3) is 0.385. The molecule has 0 aliphatic carbocycles. The lowest BCUT2D eigenvalue weighted by molar-refractivity contribution is -0.140. The first kappa shape index (κ1) is 12.4. The fourth-order valence-electron chi connectivity index (χ4n) is 1.36. The molecule has 0 unspecified atom stereocenters. The third kappa shape index (κ3) is 4.45. The third-order valence-electron chi connectivity index (χ3n) is 2.33. The topological polar surface area (TPSA) is 75.6 Å². The lowest BCUT2D eigenvalue weighted by Gasteiger charge is -2.17. The highest BCUT2D eigenvalue weighted by Gasteiger charge is 2.23. The predicted molar refractivity (Wildman–Crippen MR) is 66.0 cm³/mol. The van der Waals surface area contributed by atoms with Crippen molar-refractivity contribution in [1.82, 2.24) is 5.31 Å². The van der Waals surface area contributed by atoms with Crippen molar-refractivity contribution in [2.45, 2.75) is 26.5 Å². The second-order valence-electron chi connectivity index (χ2n) is 4.20. The summed E-state index contributed by atoms with van der Waals surface area (Å²) in [7, 11) is 0. The number of nitrogens with one attached hydrogen (secondary N) is 1. The molecule has 1 atom stereocenters. The molecule has 1 aromatic rings. The maximum Gasteiger partial charge on any atom is 0.408 e. The fourth-order valence-corrected chi connectivity index (χ4v) is 1.36. The summed E-state index contributed by atoms with van der Waals surface area (Å²) in [5, 5.41) is 9.35. The number of rotatable bonds is 5. The monoisotopic (exact) mass is 252 g/mol. The van der Waals surface area contributed by atoms with Gasteiger partial charge in [-0.25, -0.2) is 9.59 Å². The lowest BCUT2D eigenvalue weighted by Crippen LogP contribution is -2.44. The third-order valence-corrected chi connectivity index (χ3v) is 2.33. The second-order valence-corrected chi connectivity index (χ2v) is 4.20. The van der Waals surface area contributed by atoms with Gasteiger partial charge in [0.05, 0.1) is 0 Å². The van der Waals surface area contributed by atoms with E-state index in [2.05, 4.69) is 0 Å². The molecule has 5 nitrogen and oxygen atoms in total. The van der Waals surface area contributed by atoms with Crippen LogP contribution < -0.4 is 5.31 Å². The van der Waals surface area contributed by atoms with Gasteiger partial charge >= 0.3 is 12.1 Å². The van der Waals surface area contributed by atoms with Gasteiger partial charge in [-0.2, -0.15) is 0 Å². The number of ether oxygens (including phenoxy) is 1. The summed E-state index contributed by atoms with van der Waals surface area (Å²) < 4.78 is 12.4. The Hall–Kier alpha value is -2.04. The number of aliphatic carboxylic acids is 1. The van der Waals surface area contributed by atoms with E-state index in [1.54, 1.807) is 38.1 Å². The standard InChI is InChI=1S/C13H17NO4/c1-9(2)11(12(15)16)14-13(17)18-8-10-6-4-3-5-7-10/h3-7,9,11H,8H2,1-2H3,(H,14,17)(H,15,16)/t11-/m0/s1/i/hD. The zero-order valence-electron chi connectivity index (χ0n) is 11.4. The van der Waals surface area contributed by atoms with Crippen molar-refractivity contribution < 1.29 is 20.8 Å². The maximum atomic E-state index is 11.6. The minimum Gasteiger partial charge on any atom is -0.480 e. The number of alkyl carbamates (subject to hydrolysis) is 1. The Kier molecular flexibility index (Phi) is 4.58. The second kappa shape index (κ2) is 6.64. The molecule has 2 N–H and O–H groups in total. The number of carboxylic acids is 1. The van der Waals surface area contributed by atoms with Crippen LogP contribution in [0.1, 0.15) is 19.4 Å². The van der Waals surface area contributed by atoms with E-state index in [-0.39, 0.29) is 12.5 Å². The number of hydrogen-bond acceptors (Lipinski definition) is 3. The molecule has 98 valence electrons. The van der Waals surface area contributed by atoms with E-state index < -0.39 is 18.1 Å². The van der Waals surface area contributed by atoms with Gasteiger partial charge < -0.3 is 15.2 Å². The van der Waals surface area contributed by atoms with Gasteiger partial charge in [-0.15, -0.1) is 0 Å². The molecule has 1 aromatic carbocycles. The van der Waals surface area contributed by atoms with Gasteiger partial charge in [0, 0.05) is 0 Å². The summed E-state index contributed by atoms with van der Waals surface area (Å²) in [6.07, 6.45) is -0.968. The number of amides is 1. The van der Waals surface area contributed by atoms with E-state index in [1.165, 1.54) is 0 Å². The smallest absolute Gasteiger partial charge is 0.408 e. The van der Waals surface area contributed by atoms with Crippen LogP contribution in [0.5, 0.6) is 0 Å². The molecule has 1 amide bonds. The van der Waals surface area contributed by atoms with Gasteiger partial charge in [0.15, 0.2) is 1.41 Å². The van der Waals surface area contributed by atoms with Crippen LogP contribution in [0.2, 0.25) is 1.41 Å². The molecule has 0 saturated carbocycles. The molecule has 1 rings (SSSR count). The summed E-state index contributed by atoms with van der Waals surface area (Å²) >= 11 is 0. The van der Waals surface area contributed by atoms with Gasteiger partial charge in [-0.1, -0.05) is 44.2 Å². The summed E-state index contributed by atoms with van der Waals surface area (Å²) in [5.41, 5.74) is 0.778. The zero-order chi connectivity index (χ0) is 14.4. The van der Waals surface area contributed by atoms with Crippen LogP contribution in [0.3, 0.4) is 0 Å². The molecule has 0 aliphatic heterocycles. The highest BCUT2D eigenvalue weighted by Crippen LogP contribution is 2.04. The Morgan fingerprint density at radius 3 is 2.50 bits per heavy atom. The normalized spacial score (nSPS) is 12.7. The van der Waals surface area contributed by atoms with Crippen molar-refractivity contribution in [3.63, 3.8) is 0 Å². The molecule has 0 saturated heterocycles. The SMILES string of the molecule is [2H]N(C(=O)OCc1ccccc1)[C@H](C(=O)O)C(C)C. The molecule has 0 bridgehead atoms. The van der Waals surface area contributed by atoms with Crippen molar-refractivity contribution in [3.8, 4) is 0 Å². The minimum absolute atomic E-state index is 0.0134. The number of carbonyl (C=O) groups excluding carboxylic acids is 1. The van der Waals surface area contributed by atoms with Crippen LogP contribution in [-0.2, 0) is 16.1 Å². The highest BCUT2D eigenvalue weighted by molar-refractivity contribution is 5.80. The molecule has 0 aliphatic rings. The molecular weight excluding hydrogens is 234 g/mol. The molecule has 18 heavy (non-hydrogen) atoms. The summed E-state index contributed by atoms with van der Waals surface area (Å²) in [6, 6.07) is 7.77. The van der Waals surface area contributed by atoms with Gasteiger partial charge in [-0.05, 0) is 11.5 Å². The molecule has 0 spiro atoms. The number of carbonyl (C=O) groups is 2. The van der Waals surface area contributed by atoms with Crippen LogP contribution in [0.15, 0.2) is 30.3 Å². The van der Waals surface area contributed by atoms with Crippen LogP contribution >= 0.6 is 0 Å². The van der Waals surface area contributed by atoms with Crippen LogP contribution in [-0.4, -0.2) is 23.2 Å². The lowest BCUT2D eigenvalue weighted by atomic mass is 10.1. The largest absolute Gasteiger partial charge is 0.480 e. The first-order valence-electron chi connectivity index (χ1n) is 6.09. The molecule has 5 heteroatoms. The maximum absolute atomic E-state index is 11.6. The van der Waals surface area contributed by atoms with Crippen molar-refractivity contribution in [3.05, 3.63) is 35.9 Å². The average Bonchev–Trinajstić information content (AvgIpc) is 2.36. The van der Waals surface area contributed by atoms with Gasteiger partial charge in [0.2, 0.25) is 0 Å². The Labute approximate surface area is 107 Å². The molecule has 0 radical (unpaired) electrons. The van der Waals surface area contributed by atoms with E-state index in [1.807, 2.05) is 6.07 Å². The van der Waals surface area contributed by atoms with E-state index >= 15 is 0 Å². The van der Waals surface area contributed by atoms with Crippen molar-refractivity contribution in [1.29, 1.82) is 0 Å². The summed E-state index contributed by atoms with van der Waals surface area (Å²) in [4.78, 5) is 22.6. The molecule has 0 fully saturated rings. The minimum atomic E-state index is -1.22. The van der Waals surface area contributed by atoms with Crippen molar-refractivity contribution >= 4 is 12.1 Å². The predicted octanol–water partition coefficient (Wildman–Crippen LogP) is 2.02. The number of carboxylic acid groups (broad SMARTS) is 1. The van der Waals surface area contributed by atoms with Crippen LogP contribution in [0, 0.1) is 5.92 Å². The van der Waals surface area contributed by atoms with E-state index in [9.17, 15) is 9.59 Å². The first-order chi connectivity index (χ1) is 8.93. The highest BCUT2D eigenvalue weighted by atomic mass is 16.5. The van der Waals surface area contributed by atoms with E-state index in [4.69, 9.17) is 11.3 Å². The number of benzene rings is 1.